The number of nitriles is 1. The van der Waals surface area contributed by atoms with Crippen molar-refractivity contribution >= 4 is 17.5 Å². The summed E-state index contributed by atoms with van der Waals surface area (Å²) in [6.07, 6.45) is 3.50. The molecule has 6 heteroatoms. The minimum absolute atomic E-state index is 0.531. The third-order valence-corrected chi connectivity index (χ3v) is 3.36. The normalized spacial score (nSPS) is 10.0. The van der Waals surface area contributed by atoms with Crippen LogP contribution in [0, 0.1) is 18.3 Å². The molecule has 3 rings (SSSR count). The van der Waals surface area contributed by atoms with Crippen LogP contribution in [0.25, 0.3) is 0 Å². The number of aryl methyl sites for hydroxylation is 1. The molecule has 24 heavy (non-hydrogen) atoms. The Morgan fingerprint density at radius 2 is 1.88 bits per heavy atom. The summed E-state index contributed by atoms with van der Waals surface area (Å²) in [5.74, 6) is 1.17. The molecular weight excluding hydrogens is 300 g/mol. The summed E-state index contributed by atoms with van der Waals surface area (Å²) in [5, 5.41) is 15.6. The van der Waals surface area contributed by atoms with E-state index in [-0.39, 0.29) is 0 Å². The highest BCUT2D eigenvalue weighted by Gasteiger charge is 2.05. The van der Waals surface area contributed by atoms with Gasteiger partial charge in [-0.3, -0.25) is 4.98 Å². The Labute approximate surface area is 140 Å². The van der Waals surface area contributed by atoms with Gasteiger partial charge in [0.2, 0.25) is 5.95 Å². The zero-order valence-corrected chi connectivity index (χ0v) is 13.2. The Bertz CT molecular complexity index is 870. The second-order valence-corrected chi connectivity index (χ2v) is 5.21. The van der Waals surface area contributed by atoms with Crippen molar-refractivity contribution < 1.29 is 0 Å². The lowest BCUT2D eigenvalue weighted by molar-refractivity contribution is 1.03. The highest BCUT2D eigenvalue weighted by Crippen LogP contribution is 2.20. The lowest BCUT2D eigenvalue weighted by Gasteiger charge is -2.11. The molecule has 1 aromatic carbocycles. The number of para-hydroxylation sites is 1. The van der Waals surface area contributed by atoms with Crippen molar-refractivity contribution in [1.29, 1.82) is 5.26 Å². The van der Waals surface area contributed by atoms with Crippen LogP contribution in [0.5, 0.6) is 0 Å². The van der Waals surface area contributed by atoms with Gasteiger partial charge in [-0.05, 0) is 36.8 Å². The average molecular weight is 316 g/mol. The molecule has 2 N–H and O–H groups in total. The number of nitrogens with one attached hydrogen (secondary N) is 2. The van der Waals surface area contributed by atoms with Crippen LogP contribution in [0.15, 0.2) is 54.9 Å². The van der Waals surface area contributed by atoms with Crippen LogP contribution in [-0.4, -0.2) is 15.0 Å². The molecule has 0 bridgehead atoms. The van der Waals surface area contributed by atoms with Crippen LogP contribution in [0.4, 0.5) is 17.5 Å². The highest BCUT2D eigenvalue weighted by atomic mass is 15.1. The van der Waals surface area contributed by atoms with Gasteiger partial charge in [-0.2, -0.15) is 10.2 Å². The van der Waals surface area contributed by atoms with E-state index in [0.717, 1.165) is 16.9 Å². The molecule has 0 unspecified atom stereocenters. The maximum atomic E-state index is 9.18. The lowest BCUT2D eigenvalue weighted by Crippen LogP contribution is -2.06. The first-order valence-corrected chi connectivity index (χ1v) is 7.49. The maximum absolute atomic E-state index is 9.18. The molecule has 3 aromatic rings. The van der Waals surface area contributed by atoms with E-state index in [1.54, 1.807) is 18.5 Å². The summed E-state index contributed by atoms with van der Waals surface area (Å²) >= 11 is 0. The molecule has 0 atom stereocenters. The molecule has 6 nitrogen and oxygen atoms in total. The Morgan fingerprint density at radius 1 is 1.08 bits per heavy atom. The van der Waals surface area contributed by atoms with Crippen molar-refractivity contribution in [2.75, 3.05) is 10.6 Å². The number of rotatable bonds is 5. The summed E-state index contributed by atoms with van der Waals surface area (Å²) in [6, 6.07) is 15.2. The topological polar surface area (TPSA) is 86.5 Å². The fourth-order valence-corrected chi connectivity index (χ4v) is 2.22. The molecule has 0 fully saturated rings. The summed E-state index contributed by atoms with van der Waals surface area (Å²) in [7, 11) is 0. The summed E-state index contributed by atoms with van der Waals surface area (Å²) < 4.78 is 0. The van der Waals surface area contributed by atoms with Crippen molar-refractivity contribution in [2.24, 2.45) is 0 Å². The summed E-state index contributed by atoms with van der Waals surface area (Å²) in [4.78, 5) is 12.8. The second-order valence-electron chi connectivity index (χ2n) is 5.21. The summed E-state index contributed by atoms with van der Waals surface area (Å²) in [5.41, 5.74) is 3.22. The van der Waals surface area contributed by atoms with Gasteiger partial charge in [-0.25, -0.2) is 4.98 Å². The zero-order valence-electron chi connectivity index (χ0n) is 13.2. The van der Waals surface area contributed by atoms with Gasteiger partial charge >= 0.3 is 0 Å². The van der Waals surface area contributed by atoms with Gasteiger partial charge in [0.25, 0.3) is 0 Å². The van der Waals surface area contributed by atoms with Crippen LogP contribution in [0.1, 0.15) is 16.8 Å². The molecule has 0 radical (unpaired) electrons. The molecule has 0 spiro atoms. The lowest BCUT2D eigenvalue weighted by atomic mass is 10.2. The standard InChI is InChI=1S/C18H16N6/c1-13-10-17(23-16-5-3-2-4-15(16)11-19)24-18(22-13)21-12-14-6-8-20-9-7-14/h2-10H,12H2,1H3,(H2,21,22,23,24). The number of pyridine rings is 1. The third kappa shape index (κ3) is 3.84. The van der Waals surface area contributed by atoms with E-state index in [1.807, 2.05) is 43.3 Å². The molecule has 0 aliphatic rings. The van der Waals surface area contributed by atoms with Crippen molar-refractivity contribution in [3.63, 3.8) is 0 Å². The number of hydrogen-bond donors (Lipinski definition) is 2. The van der Waals surface area contributed by atoms with E-state index in [0.29, 0.717) is 23.9 Å². The van der Waals surface area contributed by atoms with Crippen molar-refractivity contribution in [3.05, 3.63) is 71.7 Å². The zero-order chi connectivity index (χ0) is 16.8. The molecule has 0 amide bonds. The number of nitrogens with zero attached hydrogens (tertiary/aromatic N) is 4. The average Bonchev–Trinajstić information content (AvgIpc) is 2.61. The van der Waals surface area contributed by atoms with Gasteiger partial charge in [-0.15, -0.1) is 0 Å². The number of aromatic nitrogens is 3. The van der Waals surface area contributed by atoms with Gasteiger partial charge in [-0.1, -0.05) is 12.1 Å². The van der Waals surface area contributed by atoms with Gasteiger partial charge < -0.3 is 10.6 Å². The third-order valence-electron chi connectivity index (χ3n) is 3.36. The minimum Gasteiger partial charge on any atom is -0.350 e. The molecule has 0 saturated heterocycles. The molecule has 118 valence electrons. The quantitative estimate of drug-likeness (QED) is 0.750. The van der Waals surface area contributed by atoms with E-state index >= 15 is 0 Å². The van der Waals surface area contributed by atoms with Crippen LogP contribution in [0.3, 0.4) is 0 Å². The van der Waals surface area contributed by atoms with Crippen molar-refractivity contribution in [3.8, 4) is 6.07 Å². The van der Waals surface area contributed by atoms with Gasteiger partial charge in [0, 0.05) is 30.7 Å². The molecule has 0 aliphatic heterocycles. The van der Waals surface area contributed by atoms with Crippen molar-refractivity contribution in [2.45, 2.75) is 13.5 Å². The first-order chi connectivity index (χ1) is 11.7. The predicted octanol–water partition coefficient (Wildman–Crippen LogP) is 3.41. The van der Waals surface area contributed by atoms with E-state index in [9.17, 15) is 5.26 Å². The number of anilines is 3. The predicted molar refractivity (Wildman–Crippen MR) is 92.8 cm³/mol. The largest absolute Gasteiger partial charge is 0.350 e. The SMILES string of the molecule is Cc1cc(Nc2ccccc2C#N)nc(NCc2ccncc2)n1. The van der Waals surface area contributed by atoms with E-state index in [4.69, 9.17) is 0 Å². The number of benzene rings is 1. The fourth-order valence-electron chi connectivity index (χ4n) is 2.22. The Hall–Kier alpha value is -3.46. The Kier molecular flexibility index (Phi) is 4.63. The smallest absolute Gasteiger partial charge is 0.225 e. The van der Waals surface area contributed by atoms with Crippen LogP contribution in [0.2, 0.25) is 0 Å². The van der Waals surface area contributed by atoms with E-state index in [2.05, 4.69) is 31.7 Å². The van der Waals surface area contributed by atoms with Gasteiger partial charge in [0.05, 0.1) is 11.3 Å². The minimum atomic E-state index is 0.531. The Morgan fingerprint density at radius 3 is 2.67 bits per heavy atom. The van der Waals surface area contributed by atoms with Crippen LogP contribution >= 0.6 is 0 Å². The van der Waals surface area contributed by atoms with E-state index in [1.165, 1.54) is 0 Å². The van der Waals surface area contributed by atoms with Crippen molar-refractivity contribution in [1.82, 2.24) is 15.0 Å². The van der Waals surface area contributed by atoms with Crippen LogP contribution < -0.4 is 10.6 Å². The second kappa shape index (κ2) is 7.20. The Balaban J connectivity index is 1.78. The molecule has 0 saturated carbocycles. The van der Waals surface area contributed by atoms with Gasteiger partial charge in [0.1, 0.15) is 11.9 Å². The monoisotopic (exact) mass is 316 g/mol. The molecule has 0 aliphatic carbocycles. The number of hydrogen-bond acceptors (Lipinski definition) is 6. The molecule has 2 aromatic heterocycles. The van der Waals surface area contributed by atoms with E-state index < -0.39 is 0 Å². The van der Waals surface area contributed by atoms with Crippen LogP contribution in [-0.2, 0) is 6.54 Å². The summed E-state index contributed by atoms with van der Waals surface area (Å²) in [6.45, 7) is 2.51. The first kappa shape index (κ1) is 15.4. The maximum Gasteiger partial charge on any atom is 0.225 e. The first-order valence-electron chi connectivity index (χ1n) is 7.49. The highest BCUT2D eigenvalue weighted by molar-refractivity contribution is 5.65. The fraction of sp³-hybridized carbons (Fsp3) is 0.111. The molecule has 2 heterocycles. The van der Waals surface area contributed by atoms with Gasteiger partial charge in [0.15, 0.2) is 0 Å². The molecular formula is C18H16N6.